The topological polar surface area (TPSA) is 110 Å². The molecule has 4 heterocycles. The predicted molar refractivity (Wildman–Crippen MR) is 92.8 cm³/mol. The lowest BCUT2D eigenvalue weighted by molar-refractivity contribution is -0.122. The van der Waals surface area contributed by atoms with E-state index >= 15 is 0 Å². The Morgan fingerprint density at radius 3 is 3.08 bits per heavy atom. The van der Waals surface area contributed by atoms with Crippen LogP contribution < -0.4 is 15.8 Å². The Kier molecular flexibility index (Phi) is 4.07. The third kappa shape index (κ3) is 3.25. The summed E-state index contributed by atoms with van der Waals surface area (Å²) in [6.45, 7) is 3.16. The van der Waals surface area contributed by atoms with Crippen molar-refractivity contribution in [1.29, 1.82) is 0 Å². The molecule has 10 heteroatoms. The van der Waals surface area contributed by atoms with Gasteiger partial charge < -0.3 is 10.2 Å². The number of amides is 1. The molecule has 0 unspecified atom stereocenters. The van der Waals surface area contributed by atoms with Crippen LogP contribution in [0.2, 0.25) is 0 Å². The van der Waals surface area contributed by atoms with Crippen molar-refractivity contribution < 1.29 is 4.79 Å². The van der Waals surface area contributed by atoms with E-state index in [9.17, 15) is 9.59 Å². The molecule has 1 aliphatic rings. The highest BCUT2D eigenvalue weighted by Crippen LogP contribution is 2.18. The van der Waals surface area contributed by atoms with Crippen LogP contribution in [-0.4, -0.2) is 54.4 Å². The van der Waals surface area contributed by atoms with Crippen molar-refractivity contribution in [3.05, 3.63) is 46.9 Å². The number of carbonyl (C=O) groups is 1. The first kappa shape index (κ1) is 16.2. The number of nitrogens with zero attached hydrogens (tertiary/aromatic N) is 7. The molecule has 0 aliphatic carbocycles. The molecular formula is C16H18N8O2. The lowest BCUT2D eigenvalue weighted by Gasteiger charge is -2.18. The summed E-state index contributed by atoms with van der Waals surface area (Å²) in [6.07, 6.45) is 3.77. The molecule has 0 bridgehead atoms. The minimum atomic E-state index is -0.229. The fraction of sp³-hybridized carbons (Fsp3) is 0.375. The first-order chi connectivity index (χ1) is 12.6. The number of nitrogens with one attached hydrogen (secondary N) is 1. The Morgan fingerprint density at radius 2 is 2.23 bits per heavy atom. The number of hydrogen-bond acceptors (Lipinski definition) is 7. The molecule has 1 atom stereocenters. The second-order valence-corrected chi connectivity index (χ2v) is 6.32. The molecule has 0 saturated carbocycles. The number of aromatic nitrogens is 6. The Labute approximate surface area is 148 Å². The average molecular weight is 354 g/mol. The summed E-state index contributed by atoms with van der Waals surface area (Å²) in [5, 5.41) is 15.2. The van der Waals surface area contributed by atoms with E-state index in [1.54, 1.807) is 17.8 Å². The smallest absolute Gasteiger partial charge is 0.253 e. The molecule has 1 saturated heterocycles. The summed E-state index contributed by atoms with van der Waals surface area (Å²) >= 11 is 0. The molecular weight excluding hydrogens is 336 g/mol. The molecule has 134 valence electrons. The van der Waals surface area contributed by atoms with E-state index in [2.05, 4.69) is 30.5 Å². The van der Waals surface area contributed by atoms with Crippen molar-refractivity contribution in [2.24, 2.45) is 0 Å². The van der Waals surface area contributed by atoms with Crippen LogP contribution in [0.25, 0.3) is 5.65 Å². The minimum Gasteiger partial charge on any atom is -0.353 e. The van der Waals surface area contributed by atoms with Crippen LogP contribution in [0.1, 0.15) is 12.1 Å². The van der Waals surface area contributed by atoms with Gasteiger partial charge in [-0.15, -0.1) is 15.3 Å². The molecule has 0 radical (unpaired) electrons. The molecule has 1 N–H and O–H groups in total. The number of carbonyl (C=O) groups excluding carboxylic acids is 1. The first-order valence-corrected chi connectivity index (χ1v) is 8.33. The van der Waals surface area contributed by atoms with Crippen LogP contribution in [0, 0.1) is 6.92 Å². The van der Waals surface area contributed by atoms with Gasteiger partial charge in [0, 0.05) is 30.9 Å². The minimum absolute atomic E-state index is 0.00928. The zero-order valence-electron chi connectivity index (χ0n) is 14.2. The van der Waals surface area contributed by atoms with Crippen LogP contribution in [0.4, 0.5) is 5.82 Å². The summed E-state index contributed by atoms with van der Waals surface area (Å²) in [5.41, 5.74) is 1.10. The average Bonchev–Trinajstić information content (AvgIpc) is 3.25. The first-order valence-electron chi connectivity index (χ1n) is 8.33. The highest BCUT2D eigenvalue weighted by molar-refractivity contribution is 5.76. The van der Waals surface area contributed by atoms with Crippen LogP contribution in [0.15, 0.2) is 35.6 Å². The third-order valence-electron chi connectivity index (χ3n) is 4.36. The maximum atomic E-state index is 12.2. The van der Waals surface area contributed by atoms with Crippen molar-refractivity contribution >= 4 is 17.4 Å². The Hall–Kier alpha value is -3.30. The number of fused-ring (bicyclic) bond motifs is 1. The van der Waals surface area contributed by atoms with Gasteiger partial charge in [-0.3, -0.25) is 14.2 Å². The maximum absolute atomic E-state index is 12.2. The predicted octanol–water partition coefficient (Wildman–Crippen LogP) is -0.615. The highest BCUT2D eigenvalue weighted by atomic mass is 16.2. The highest BCUT2D eigenvalue weighted by Gasteiger charge is 2.25. The Morgan fingerprint density at radius 1 is 1.35 bits per heavy atom. The molecule has 1 fully saturated rings. The van der Waals surface area contributed by atoms with Crippen molar-refractivity contribution in [3.63, 3.8) is 0 Å². The second kappa shape index (κ2) is 6.54. The van der Waals surface area contributed by atoms with E-state index in [0.29, 0.717) is 17.9 Å². The van der Waals surface area contributed by atoms with Gasteiger partial charge in [0.05, 0.1) is 6.33 Å². The van der Waals surface area contributed by atoms with Gasteiger partial charge in [0.1, 0.15) is 18.7 Å². The lowest BCUT2D eigenvalue weighted by Crippen LogP contribution is -2.40. The quantitative estimate of drug-likeness (QED) is 0.665. The van der Waals surface area contributed by atoms with Gasteiger partial charge in [-0.1, -0.05) is 0 Å². The third-order valence-corrected chi connectivity index (χ3v) is 4.36. The van der Waals surface area contributed by atoms with Gasteiger partial charge in [-0.05, 0) is 25.5 Å². The van der Waals surface area contributed by atoms with E-state index in [0.717, 1.165) is 18.8 Å². The zero-order valence-corrected chi connectivity index (χ0v) is 14.2. The molecule has 3 aromatic heterocycles. The van der Waals surface area contributed by atoms with E-state index in [1.807, 2.05) is 12.1 Å². The zero-order chi connectivity index (χ0) is 18.1. The molecule has 10 nitrogen and oxygen atoms in total. The number of hydrogen-bond donors (Lipinski definition) is 1. The molecule has 4 rings (SSSR count). The molecule has 0 aromatic carbocycles. The summed E-state index contributed by atoms with van der Waals surface area (Å²) in [7, 11) is 0. The Balaban J connectivity index is 1.37. The second-order valence-electron chi connectivity index (χ2n) is 6.32. The molecule has 1 amide bonds. The van der Waals surface area contributed by atoms with Crippen LogP contribution in [0.5, 0.6) is 0 Å². The van der Waals surface area contributed by atoms with Crippen LogP contribution >= 0.6 is 0 Å². The van der Waals surface area contributed by atoms with Gasteiger partial charge in [0.2, 0.25) is 5.91 Å². The normalized spacial score (nSPS) is 17.0. The van der Waals surface area contributed by atoms with Gasteiger partial charge in [0.15, 0.2) is 5.65 Å². The fourth-order valence-corrected chi connectivity index (χ4v) is 3.04. The summed E-state index contributed by atoms with van der Waals surface area (Å²) in [5.74, 6) is 0.611. The number of rotatable bonds is 4. The summed E-state index contributed by atoms with van der Waals surface area (Å²) < 4.78 is 2.93. The summed E-state index contributed by atoms with van der Waals surface area (Å²) in [6, 6.07) is 5.18. The van der Waals surface area contributed by atoms with Crippen molar-refractivity contribution in [2.45, 2.75) is 25.9 Å². The van der Waals surface area contributed by atoms with E-state index in [-0.39, 0.29) is 24.1 Å². The van der Waals surface area contributed by atoms with Gasteiger partial charge in [-0.2, -0.15) is 4.52 Å². The molecule has 0 spiro atoms. The van der Waals surface area contributed by atoms with E-state index < -0.39 is 0 Å². The molecule has 26 heavy (non-hydrogen) atoms. The maximum Gasteiger partial charge on any atom is 0.253 e. The standard InChI is InChI=1S/C16H18N8O2/c1-11-6-16(26)23(9-17-11)8-15(25)19-12-4-5-22(7-12)14-3-2-13-20-18-10-24(13)21-14/h2-3,6,9-10,12H,4-5,7-8H2,1H3,(H,19,25)/t12-/m1/s1. The van der Waals surface area contributed by atoms with Crippen molar-refractivity contribution in [3.8, 4) is 0 Å². The van der Waals surface area contributed by atoms with Crippen LogP contribution in [-0.2, 0) is 11.3 Å². The van der Waals surface area contributed by atoms with Crippen molar-refractivity contribution in [2.75, 3.05) is 18.0 Å². The van der Waals surface area contributed by atoms with Gasteiger partial charge in [0.25, 0.3) is 5.56 Å². The van der Waals surface area contributed by atoms with E-state index in [4.69, 9.17) is 0 Å². The molecule has 1 aliphatic heterocycles. The monoisotopic (exact) mass is 354 g/mol. The van der Waals surface area contributed by atoms with Gasteiger partial charge >= 0.3 is 0 Å². The SMILES string of the molecule is Cc1cc(=O)n(CC(=O)N[C@@H]2CCN(c3ccc4nncn4n3)C2)cn1. The fourth-order valence-electron chi connectivity index (χ4n) is 3.04. The molecule has 3 aromatic rings. The van der Waals surface area contributed by atoms with Crippen molar-refractivity contribution in [1.82, 2.24) is 34.7 Å². The van der Waals surface area contributed by atoms with E-state index in [1.165, 1.54) is 17.0 Å². The number of anilines is 1. The Bertz CT molecular complexity index is 1010. The van der Waals surface area contributed by atoms with Crippen LogP contribution in [0.3, 0.4) is 0 Å². The largest absolute Gasteiger partial charge is 0.353 e. The lowest BCUT2D eigenvalue weighted by atomic mass is 10.2. The number of aryl methyl sites for hydroxylation is 1. The van der Waals surface area contributed by atoms with Gasteiger partial charge in [-0.25, -0.2) is 4.98 Å². The summed E-state index contributed by atoms with van der Waals surface area (Å²) in [4.78, 5) is 30.2.